The summed E-state index contributed by atoms with van der Waals surface area (Å²) in [5, 5.41) is 4.22. The Morgan fingerprint density at radius 3 is 2.04 bits per heavy atom. The molecule has 2 aromatic heterocycles. The highest BCUT2D eigenvalue weighted by molar-refractivity contribution is 7.90. The van der Waals surface area contributed by atoms with Gasteiger partial charge in [0.15, 0.2) is 9.84 Å². The Morgan fingerprint density at radius 2 is 1.44 bits per heavy atom. The number of hydrogen-bond donors (Lipinski definition) is 0. The van der Waals surface area contributed by atoms with E-state index in [9.17, 15) is 8.42 Å². The molecule has 0 amide bonds. The smallest absolute Gasteiger partial charge is 0.175 e. The molecule has 0 radical (unpaired) electrons. The van der Waals surface area contributed by atoms with Gasteiger partial charge in [-0.2, -0.15) is 11.3 Å². The molecule has 0 unspecified atom stereocenters. The molecule has 27 heavy (non-hydrogen) atoms. The molecule has 0 bridgehead atoms. The number of benzene rings is 2. The molecule has 0 fully saturated rings. The van der Waals surface area contributed by atoms with Crippen LogP contribution < -0.4 is 0 Å². The van der Waals surface area contributed by atoms with E-state index < -0.39 is 9.84 Å². The second-order valence-corrected chi connectivity index (χ2v) is 9.35. The summed E-state index contributed by atoms with van der Waals surface area (Å²) >= 11 is 1.69. The maximum atomic E-state index is 11.7. The average molecular weight is 394 g/mol. The van der Waals surface area contributed by atoms with Crippen molar-refractivity contribution in [3.05, 3.63) is 83.2 Å². The lowest BCUT2D eigenvalue weighted by molar-refractivity contribution is 0.602. The molecule has 0 saturated carbocycles. The highest BCUT2D eigenvalue weighted by atomic mass is 32.2. The highest BCUT2D eigenvalue weighted by Crippen LogP contribution is 2.29. The molecule has 4 rings (SSSR count). The van der Waals surface area contributed by atoms with Crippen LogP contribution in [-0.4, -0.2) is 19.2 Å². The molecule has 0 aliphatic heterocycles. The van der Waals surface area contributed by atoms with Crippen LogP contribution in [0.5, 0.6) is 0 Å². The summed E-state index contributed by atoms with van der Waals surface area (Å²) in [6.45, 7) is 2.07. The average Bonchev–Trinajstić information content (AvgIpc) is 3.31. The predicted octanol–water partition coefficient (Wildman–Crippen LogP) is 5.58. The molecule has 2 heterocycles. The Morgan fingerprint density at radius 1 is 0.778 bits per heavy atom. The molecule has 3 nitrogen and oxygen atoms in total. The molecule has 0 atom stereocenters. The summed E-state index contributed by atoms with van der Waals surface area (Å²) < 4.78 is 25.6. The Bertz CT molecular complexity index is 1170. The van der Waals surface area contributed by atoms with Gasteiger partial charge in [0.25, 0.3) is 0 Å². The second-order valence-electron chi connectivity index (χ2n) is 6.55. The first-order valence-electron chi connectivity index (χ1n) is 8.55. The van der Waals surface area contributed by atoms with Crippen LogP contribution in [0.1, 0.15) is 5.69 Å². The summed E-state index contributed by atoms with van der Waals surface area (Å²) in [6, 6.07) is 21.8. The first-order valence-corrected chi connectivity index (χ1v) is 11.4. The van der Waals surface area contributed by atoms with Crippen LogP contribution in [0.2, 0.25) is 0 Å². The van der Waals surface area contributed by atoms with Gasteiger partial charge in [0, 0.05) is 17.6 Å². The van der Waals surface area contributed by atoms with Gasteiger partial charge in [-0.15, -0.1) is 0 Å². The van der Waals surface area contributed by atoms with Crippen molar-refractivity contribution in [1.82, 2.24) is 4.57 Å². The van der Waals surface area contributed by atoms with Crippen molar-refractivity contribution in [3.8, 4) is 28.1 Å². The lowest BCUT2D eigenvalue weighted by atomic mass is 10.1. The Labute approximate surface area is 163 Å². The fraction of sp³-hybridized carbons (Fsp3) is 0.0909. The van der Waals surface area contributed by atoms with E-state index in [1.807, 2.05) is 12.1 Å². The van der Waals surface area contributed by atoms with Gasteiger partial charge in [0.05, 0.1) is 10.6 Å². The van der Waals surface area contributed by atoms with Crippen LogP contribution in [0.3, 0.4) is 0 Å². The number of aromatic nitrogens is 1. The van der Waals surface area contributed by atoms with Crippen molar-refractivity contribution < 1.29 is 8.42 Å². The van der Waals surface area contributed by atoms with E-state index in [4.69, 9.17) is 0 Å². The van der Waals surface area contributed by atoms with Crippen molar-refractivity contribution in [1.29, 1.82) is 0 Å². The molecule has 5 heteroatoms. The number of nitrogens with zero attached hydrogens (tertiary/aromatic N) is 1. The molecular formula is C22H19NO2S2. The number of rotatable bonds is 4. The van der Waals surface area contributed by atoms with Crippen LogP contribution in [0.15, 0.2) is 82.4 Å². The molecule has 0 saturated heterocycles. The minimum Gasteiger partial charge on any atom is -0.314 e. The van der Waals surface area contributed by atoms with Crippen molar-refractivity contribution in [3.63, 3.8) is 0 Å². The third-order valence-corrected chi connectivity index (χ3v) is 6.45. The molecule has 2 aromatic carbocycles. The zero-order valence-electron chi connectivity index (χ0n) is 15.1. The van der Waals surface area contributed by atoms with Gasteiger partial charge in [0.2, 0.25) is 0 Å². The normalized spacial score (nSPS) is 11.6. The van der Waals surface area contributed by atoms with Gasteiger partial charge in [-0.3, -0.25) is 0 Å². The van der Waals surface area contributed by atoms with Crippen LogP contribution in [0.4, 0.5) is 0 Å². The largest absolute Gasteiger partial charge is 0.314 e. The van der Waals surface area contributed by atoms with E-state index >= 15 is 0 Å². The van der Waals surface area contributed by atoms with E-state index in [0.717, 1.165) is 22.6 Å². The number of sulfone groups is 1. The van der Waals surface area contributed by atoms with Crippen LogP contribution in [-0.2, 0) is 9.84 Å². The molecule has 0 aliphatic rings. The third-order valence-electron chi connectivity index (χ3n) is 4.63. The Kier molecular flexibility index (Phi) is 4.50. The van der Waals surface area contributed by atoms with E-state index in [2.05, 4.69) is 64.7 Å². The van der Waals surface area contributed by atoms with Gasteiger partial charge in [-0.1, -0.05) is 24.3 Å². The first-order chi connectivity index (χ1) is 12.9. The molecular weight excluding hydrogens is 374 g/mol. The fourth-order valence-electron chi connectivity index (χ4n) is 3.21. The predicted molar refractivity (Wildman–Crippen MR) is 112 cm³/mol. The van der Waals surface area contributed by atoms with E-state index in [1.54, 1.807) is 23.5 Å². The maximum Gasteiger partial charge on any atom is 0.175 e. The number of aryl methyl sites for hydroxylation is 1. The fourth-order valence-corrected chi connectivity index (χ4v) is 4.51. The summed E-state index contributed by atoms with van der Waals surface area (Å²) in [4.78, 5) is 0.334. The van der Waals surface area contributed by atoms with Crippen LogP contribution in [0, 0.1) is 6.92 Å². The van der Waals surface area contributed by atoms with E-state index in [0.29, 0.717) is 4.90 Å². The van der Waals surface area contributed by atoms with Gasteiger partial charge in [-0.25, -0.2) is 8.42 Å². The van der Waals surface area contributed by atoms with Gasteiger partial charge in [0.1, 0.15) is 0 Å². The minimum absolute atomic E-state index is 0.334. The Balaban J connectivity index is 1.74. The Hall–Kier alpha value is -2.63. The lowest BCUT2D eigenvalue weighted by Crippen LogP contribution is -2.00. The summed E-state index contributed by atoms with van der Waals surface area (Å²) in [6.07, 6.45) is 1.23. The van der Waals surface area contributed by atoms with Crippen molar-refractivity contribution in [2.24, 2.45) is 0 Å². The van der Waals surface area contributed by atoms with Crippen molar-refractivity contribution in [2.45, 2.75) is 11.8 Å². The molecule has 136 valence electrons. The first kappa shape index (κ1) is 17.8. The minimum atomic E-state index is -3.19. The standard InChI is InChI=1S/C22H19NO2S2/c1-16-3-12-22(18-6-10-21(11-7-18)27(2,24)25)23(16)20-8-4-17(5-9-20)19-13-14-26-15-19/h3-15H,1-2H3. The summed E-state index contributed by atoms with van der Waals surface area (Å²) in [5.41, 5.74) is 6.66. The van der Waals surface area contributed by atoms with Crippen molar-refractivity contribution >= 4 is 21.2 Å². The van der Waals surface area contributed by atoms with Gasteiger partial charge in [-0.05, 0) is 76.8 Å². The van der Waals surface area contributed by atoms with Crippen molar-refractivity contribution in [2.75, 3.05) is 6.26 Å². The zero-order valence-corrected chi connectivity index (χ0v) is 16.7. The molecule has 0 aliphatic carbocycles. The summed E-state index contributed by atoms with van der Waals surface area (Å²) in [7, 11) is -3.19. The van der Waals surface area contributed by atoms with E-state index in [-0.39, 0.29) is 0 Å². The number of thiophene rings is 1. The lowest BCUT2D eigenvalue weighted by Gasteiger charge is -2.13. The highest BCUT2D eigenvalue weighted by Gasteiger charge is 2.12. The van der Waals surface area contributed by atoms with Gasteiger partial charge < -0.3 is 4.57 Å². The number of hydrogen-bond acceptors (Lipinski definition) is 3. The molecule has 0 N–H and O–H groups in total. The molecule has 0 spiro atoms. The SMILES string of the molecule is Cc1ccc(-c2ccc(S(C)(=O)=O)cc2)n1-c1ccc(-c2ccsc2)cc1. The monoisotopic (exact) mass is 393 g/mol. The third kappa shape index (κ3) is 3.48. The van der Waals surface area contributed by atoms with Gasteiger partial charge >= 0.3 is 0 Å². The van der Waals surface area contributed by atoms with E-state index in [1.165, 1.54) is 17.4 Å². The quantitative estimate of drug-likeness (QED) is 0.454. The maximum absolute atomic E-state index is 11.7. The topological polar surface area (TPSA) is 39.1 Å². The van der Waals surface area contributed by atoms with Crippen LogP contribution >= 0.6 is 11.3 Å². The second kappa shape index (κ2) is 6.83. The van der Waals surface area contributed by atoms with Crippen LogP contribution in [0.25, 0.3) is 28.1 Å². The zero-order chi connectivity index (χ0) is 19.0. The molecule has 4 aromatic rings. The summed E-state index contributed by atoms with van der Waals surface area (Å²) in [5.74, 6) is 0.